The third kappa shape index (κ3) is 5.82. The summed E-state index contributed by atoms with van der Waals surface area (Å²) in [7, 11) is 0. The van der Waals surface area contributed by atoms with Crippen molar-refractivity contribution in [1.82, 2.24) is 9.80 Å². The lowest BCUT2D eigenvalue weighted by atomic mass is 9.91. The molecule has 2 aliphatic heterocycles. The van der Waals surface area contributed by atoms with Crippen molar-refractivity contribution in [1.29, 1.82) is 0 Å². The van der Waals surface area contributed by atoms with Gasteiger partial charge in [-0.2, -0.15) is 0 Å². The number of likely N-dealkylation sites (tertiary alicyclic amines) is 1. The Bertz CT molecular complexity index is 1200. The average Bonchev–Trinajstić information content (AvgIpc) is 2.89. The molecular formula is C30H35ClN2O4. The van der Waals surface area contributed by atoms with Gasteiger partial charge in [-0.3, -0.25) is 14.5 Å². The van der Waals surface area contributed by atoms with E-state index in [1.165, 1.54) is 10.5 Å². The van der Waals surface area contributed by atoms with Crippen LogP contribution in [0.3, 0.4) is 0 Å². The first kappa shape index (κ1) is 27.1. The molecule has 2 aliphatic rings. The Morgan fingerprint density at radius 1 is 0.919 bits per heavy atom. The van der Waals surface area contributed by atoms with Crippen LogP contribution < -0.4 is 4.74 Å². The number of benzene rings is 3. The zero-order valence-corrected chi connectivity index (χ0v) is 22.2. The maximum atomic E-state index is 13.2. The number of amides is 2. The lowest BCUT2D eigenvalue weighted by Crippen LogP contribution is -2.46. The van der Waals surface area contributed by atoms with Crippen molar-refractivity contribution in [3.05, 3.63) is 77.4 Å². The number of aliphatic hydroxyl groups is 1. The first-order chi connectivity index (χ1) is 17.4. The highest BCUT2D eigenvalue weighted by Crippen LogP contribution is 2.31. The zero-order valence-electron chi connectivity index (χ0n) is 21.4. The lowest BCUT2D eigenvalue weighted by molar-refractivity contribution is 0.0453. The first-order valence-electron chi connectivity index (χ1n) is 12.9. The number of nitrogens with zero attached hydrogens (tertiary/aromatic N) is 2. The summed E-state index contributed by atoms with van der Waals surface area (Å²) in [5.74, 6) is 1.11. The Kier molecular flexibility index (Phi) is 8.53. The summed E-state index contributed by atoms with van der Waals surface area (Å²) in [6.07, 6.45) is 1.19. The maximum Gasteiger partial charge on any atom is 0.261 e. The van der Waals surface area contributed by atoms with Crippen LogP contribution in [0, 0.1) is 5.92 Å². The molecule has 1 saturated heterocycles. The van der Waals surface area contributed by atoms with Crippen molar-refractivity contribution in [3.63, 3.8) is 0 Å². The fourth-order valence-corrected chi connectivity index (χ4v) is 5.35. The SMILES string of the molecule is CC(C)c1ccc(OCC(O)CN2CCC(CN3C(=O)c4cccc5cccc(c45)C3=O)CC2)cc1.Cl. The van der Waals surface area contributed by atoms with E-state index >= 15 is 0 Å². The Morgan fingerprint density at radius 3 is 2.08 bits per heavy atom. The number of rotatable bonds is 8. The third-order valence-corrected chi connectivity index (χ3v) is 7.46. The van der Waals surface area contributed by atoms with Gasteiger partial charge >= 0.3 is 0 Å². The minimum Gasteiger partial charge on any atom is -0.491 e. The number of piperidine rings is 1. The molecule has 3 aromatic carbocycles. The maximum absolute atomic E-state index is 13.2. The Hall–Kier alpha value is -2.93. The van der Waals surface area contributed by atoms with Crippen LogP contribution in [-0.4, -0.2) is 65.6 Å². The van der Waals surface area contributed by atoms with Crippen molar-refractivity contribution in [2.24, 2.45) is 5.92 Å². The Balaban J connectivity index is 0.00000320. The highest BCUT2D eigenvalue weighted by atomic mass is 35.5. The molecule has 6 nitrogen and oxygen atoms in total. The van der Waals surface area contributed by atoms with Gasteiger partial charge in [-0.05, 0) is 73.0 Å². The number of ether oxygens (including phenoxy) is 1. The molecule has 0 aromatic heterocycles. The number of hydrogen-bond acceptors (Lipinski definition) is 5. The molecule has 1 fully saturated rings. The number of halogens is 1. The van der Waals surface area contributed by atoms with Crippen molar-refractivity contribution in [2.75, 3.05) is 32.8 Å². The van der Waals surface area contributed by atoms with Gasteiger partial charge in [0, 0.05) is 29.6 Å². The largest absolute Gasteiger partial charge is 0.491 e. The topological polar surface area (TPSA) is 70.1 Å². The molecule has 0 spiro atoms. The van der Waals surface area contributed by atoms with Gasteiger partial charge in [0.15, 0.2) is 0 Å². The van der Waals surface area contributed by atoms with Crippen molar-refractivity contribution in [2.45, 2.75) is 38.7 Å². The highest BCUT2D eigenvalue weighted by Gasteiger charge is 2.34. The predicted molar refractivity (Wildman–Crippen MR) is 148 cm³/mol. The van der Waals surface area contributed by atoms with Crippen LogP contribution in [-0.2, 0) is 0 Å². The normalized spacial score (nSPS) is 17.2. The molecule has 0 aliphatic carbocycles. The summed E-state index contributed by atoms with van der Waals surface area (Å²) in [6, 6.07) is 19.3. The Morgan fingerprint density at radius 2 is 1.51 bits per heavy atom. The van der Waals surface area contributed by atoms with Crippen LogP contribution in [0.4, 0.5) is 0 Å². The molecule has 3 aromatic rings. The van der Waals surface area contributed by atoms with E-state index in [4.69, 9.17) is 4.74 Å². The number of carbonyl (C=O) groups excluding carboxylic acids is 2. The molecule has 5 rings (SSSR count). The monoisotopic (exact) mass is 522 g/mol. The van der Waals surface area contributed by atoms with E-state index in [0.29, 0.717) is 30.1 Å². The van der Waals surface area contributed by atoms with Crippen molar-refractivity contribution >= 4 is 35.0 Å². The number of carbonyl (C=O) groups is 2. The van der Waals surface area contributed by atoms with Gasteiger partial charge in [-0.15, -0.1) is 12.4 Å². The van der Waals surface area contributed by atoms with E-state index < -0.39 is 6.10 Å². The summed E-state index contributed by atoms with van der Waals surface area (Å²) in [4.78, 5) is 30.0. The van der Waals surface area contributed by atoms with E-state index in [2.05, 4.69) is 30.9 Å². The van der Waals surface area contributed by atoms with E-state index in [9.17, 15) is 14.7 Å². The summed E-state index contributed by atoms with van der Waals surface area (Å²) in [5.41, 5.74) is 2.49. The van der Waals surface area contributed by atoms with Gasteiger partial charge in [-0.25, -0.2) is 0 Å². The standard InChI is InChI=1S/C30H34N2O4.ClH/c1-20(2)22-9-11-25(12-10-22)36-19-24(33)18-31-15-13-21(14-16-31)17-32-29(34)26-7-3-5-23-6-4-8-27(28(23)26)30(32)35;/h3-12,20-21,24,33H,13-19H2,1-2H3;1H. The fraction of sp³-hybridized carbons (Fsp3) is 0.400. The molecule has 196 valence electrons. The molecular weight excluding hydrogens is 488 g/mol. The highest BCUT2D eigenvalue weighted by molar-refractivity contribution is 6.25. The summed E-state index contributed by atoms with van der Waals surface area (Å²) >= 11 is 0. The van der Waals surface area contributed by atoms with Gasteiger partial charge in [-0.1, -0.05) is 50.2 Å². The van der Waals surface area contributed by atoms with E-state index in [-0.39, 0.29) is 36.7 Å². The second-order valence-electron chi connectivity index (χ2n) is 10.4. The molecule has 0 bridgehead atoms. The van der Waals surface area contributed by atoms with Crippen LogP contribution >= 0.6 is 12.4 Å². The van der Waals surface area contributed by atoms with Crippen molar-refractivity contribution < 1.29 is 19.4 Å². The van der Waals surface area contributed by atoms with Gasteiger partial charge in [0.2, 0.25) is 0 Å². The zero-order chi connectivity index (χ0) is 25.2. The quantitative estimate of drug-likeness (QED) is 0.415. The Labute approximate surface area is 224 Å². The lowest BCUT2D eigenvalue weighted by Gasteiger charge is -2.36. The number of aliphatic hydroxyl groups excluding tert-OH is 1. The molecule has 1 unspecified atom stereocenters. The summed E-state index contributed by atoms with van der Waals surface area (Å²) in [5, 5.41) is 12.2. The molecule has 0 radical (unpaired) electrons. The van der Waals surface area contributed by atoms with Crippen LogP contribution in [0.1, 0.15) is 58.9 Å². The van der Waals surface area contributed by atoms with Crippen molar-refractivity contribution in [3.8, 4) is 5.75 Å². The number of imide groups is 1. The molecule has 37 heavy (non-hydrogen) atoms. The second kappa shape index (κ2) is 11.6. The number of β-amino-alcohol motifs (C(OH)–C–C–N with tert-alkyl or cyclic N) is 1. The number of hydrogen-bond donors (Lipinski definition) is 1. The van der Waals surface area contributed by atoms with Crippen LogP contribution in [0.15, 0.2) is 60.7 Å². The van der Waals surface area contributed by atoms with Crippen LogP contribution in [0.25, 0.3) is 10.8 Å². The molecule has 0 saturated carbocycles. The minimum absolute atomic E-state index is 0. The van der Waals surface area contributed by atoms with Gasteiger partial charge in [0.1, 0.15) is 18.5 Å². The van der Waals surface area contributed by atoms with Gasteiger partial charge in [0.25, 0.3) is 11.8 Å². The third-order valence-electron chi connectivity index (χ3n) is 7.46. The molecule has 2 heterocycles. The molecule has 2 amide bonds. The van der Waals surface area contributed by atoms with Gasteiger partial charge in [0.05, 0.1) is 0 Å². The molecule has 1 N–H and O–H groups in total. The first-order valence-corrected chi connectivity index (χ1v) is 12.9. The van der Waals surface area contributed by atoms with E-state index in [1.54, 1.807) is 0 Å². The van der Waals surface area contributed by atoms with Crippen LogP contribution in [0.2, 0.25) is 0 Å². The fourth-order valence-electron chi connectivity index (χ4n) is 5.35. The van der Waals surface area contributed by atoms with E-state index in [0.717, 1.165) is 42.5 Å². The second-order valence-corrected chi connectivity index (χ2v) is 10.4. The minimum atomic E-state index is -0.575. The summed E-state index contributed by atoms with van der Waals surface area (Å²) < 4.78 is 5.78. The van der Waals surface area contributed by atoms with E-state index in [1.807, 2.05) is 48.5 Å². The predicted octanol–water partition coefficient (Wildman–Crippen LogP) is 5.13. The molecule has 7 heteroatoms. The molecule has 1 atom stereocenters. The van der Waals surface area contributed by atoms with Crippen LogP contribution in [0.5, 0.6) is 5.75 Å². The van der Waals surface area contributed by atoms with Gasteiger partial charge < -0.3 is 14.7 Å². The smallest absolute Gasteiger partial charge is 0.261 e. The average molecular weight is 523 g/mol. The summed E-state index contributed by atoms with van der Waals surface area (Å²) in [6.45, 7) is 7.21.